The van der Waals surface area contributed by atoms with Crippen molar-refractivity contribution in [3.8, 4) is 0 Å². The second-order valence-corrected chi connectivity index (χ2v) is 4.12. The standard InChI is InChI=1S/C12H12BrFO2/c1-3-16-12(15)6-8(2)10-7-9(13)4-5-11(10)14/h4-7H,3H2,1-2H3/b8-6+. The number of esters is 1. The van der Waals surface area contributed by atoms with E-state index in [-0.39, 0.29) is 5.82 Å². The highest BCUT2D eigenvalue weighted by molar-refractivity contribution is 9.10. The minimum atomic E-state index is -0.459. The Bertz CT molecular complexity index is 427. The molecule has 1 aromatic rings. The lowest BCUT2D eigenvalue weighted by Gasteiger charge is -2.04. The number of benzene rings is 1. The fourth-order valence-electron chi connectivity index (χ4n) is 1.24. The average molecular weight is 287 g/mol. The number of halogens is 2. The summed E-state index contributed by atoms with van der Waals surface area (Å²) in [6, 6.07) is 4.58. The van der Waals surface area contributed by atoms with Gasteiger partial charge in [0.05, 0.1) is 6.61 Å². The van der Waals surface area contributed by atoms with Gasteiger partial charge < -0.3 is 4.74 Å². The molecule has 0 fully saturated rings. The van der Waals surface area contributed by atoms with Gasteiger partial charge in [-0.2, -0.15) is 0 Å². The maximum Gasteiger partial charge on any atom is 0.331 e. The first-order chi connectivity index (χ1) is 7.54. The molecule has 0 aromatic heterocycles. The Morgan fingerprint density at radius 1 is 1.56 bits per heavy atom. The van der Waals surface area contributed by atoms with E-state index >= 15 is 0 Å². The first-order valence-corrected chi connectivity index (χ1v) is 5.64. The molecule has 0 aliphatic carbocycles. The van der Waals surface area contributed by atoms with Crippen LogP contribution in [0.15, 0.2) is 28.7 Å². The Kier molecular flexibility index (Phi) is 4.68. The zero-order chi connectivity index (χ0) is 12.1. The van der Waals surface area contributed by atoms with Crippen molar-refractivity contribution in [2.24, 2.45) is 0 Å². The van der Waals surface area contributed by atoms with Gasteiger partial charge in [0.15, 0.2) is 0 Å². The van der Waals surface area contributed by atoms with E-state index in [1.54, 1.807) is 26.0 Å². The zero-order valence-corrected chi connectivity index (χ0v) is 10.7. The van der Waals surface area contributed by atoms with Crippen LogP contribution in [0, 0.1) is 5.82 Å². The molecule has 0 radical (unpaired) electrons. The average Bonchev–Trinajstić information content (AvgIpc) is 2.21. The molecule has 86 valence electrons. The number of hydrogen-bond donors (Lipinski definition) is 0. The molecule has 0 bridgehead atoms. The van der Waals surface area contributed by atoms with Crippen LogP contribution in [0.1, 0.15) is 19.4 Å². The molecule has 1 aromatic carbocycles. The molecule has 0 atom stereocenters. The minimum absolute atomic E-state index is 0.309. The first-order valence-electron chi connectivity index (χ1n) is 4.85. The van der Waals surface area contributed by atoms with Crippen LogP contribution >= 0.6 is 15.9 Å². The van der Waals surface area contributed by atoms with Crippen molar-refractivity contribution >= 4 is 27.5 Å². The minimum Gasteiger partial charge on any atom is -0.463 e. The summed E-state index contributed by atoms with van der Waals surface area (Å²) in [5, 5.41) is 0. The van der Waals surface area contributed by atoms with E-state index in [1.807, 2.05) is 0 Å². The fraction of sp³-hybridized carbons (Fsp3) is 0.250. The molecule has 0 aliphatic rings. The lowest BCUT2D eigenvalue weighted by Crippen LogP contribution is -2.00. The van der Waals surface area contributed by atoms with E-state index in [2.05, 4.69) is 15.9 Å². The summed E-state index contributed by atoms with van der Waals surface area (Å²) in [5.74, 6) is -0.819. The van der Waals surface area contributed by atoms with Gasteiger partial charge in [-0.05, 0) is 37.6 Å². The normalized spacial score (nSPS) is 11.4. The van der Waals surface area contributed by atoms with E-state index < -0.39 is 5.97 Å². The summed E-state index contributed by atoms with van der Waals surface area (Å²) in [5.41, 5.74) is 0.930. The Balaban J connectivity index is 2.99. The Morgan fingerprint density at radius 2 is 2.25 bits per heavy atom. The molecule has 1 rings (SSSR count). The molecule has 0 unspecified atom stereocenters. The Labute approximate surface area is 102 Å². The number of allylic oxidation sites excluding steroid dienone is 1. The zero-order valence-electron chi connectivity index (χ0n) is 9.09. The van der Waals surface area contributed by atoms with Crippen molar-refractivity contribution < 1.29 is 13.9 Å². The SMILES string of the molecule is CCOC(=O)/C=C(\C)c1cc(Br)ccc1F. The molecular formula is C12H12BrFO2. The van der Waals surface area contributed by atoms with Crippen LogP contribution in [0.5, 0.6) is 0 Å². The highest BCUT2D eigenvalue weighted by Crippen LogP contribution is 2.22. The van der Waals surface area contributed by atoms with Crippen molar-refractivity contribution in [2.45, 2.75) is 13.8 Å². The van der Waals surface area contributed by atoms with Crippen LogP contribution in [0.25, 0.3) is 5.57 Å². The molecule has 4 heteroatoms. The largest absolute Gasteiger partial charge is 0.463 e. The van der Waals surface area contributed by atoms with Crippen LogP contribution in [0.4, 0.5) is 4.39 Å². The van der Waals surface area contributed by atoms with E-state index in [0.29, 0.717) is 17.7 Å². The van der Waals surface area contributed by atoms with E-state index in [4.69, 9.17) is 4.74 Å². The predicted octanol–water partition coefficient (Wildman–Crippen LogP) is 3.55. The number of carbonyl (C=O) groups is 1. The summed E-state index contributed by atoms with van der Waals surface area (Å²) in [6.45, 7) is 3.70. The third kappa shape index (κ3) is 3.45. The molecule has 0 spiro atoms. The van der Waals surface area contributed by atoms with Gasteiger partial charge in [-0.15, -0.1) is 0 Å². The van der Waals surface area contributed by atoms with Gasteiger partial charge in [0.1, 0.15) is 5.82 Å². The summed E-state index contributed by atoms with van der Waals surface area (Å²) in [6.07, 6.45) is 1.29. The van der Waals surface area contributed by atoms with Crippen LogP contribution < -0.4 is 0 Å². The van der Waals surface area contributed by atoms with Crippen molar-refractivity contribution in [3.05, 3.63) is 40.1 Å². The molecule has 0 saturated heterocycles. The van der Waals surface area contributed by atoms with E-state index in [0.717, 1.165) is 4.47 Å². The third-order valence-electron chi connectivity index (χ3n) is 1.97. The molecule has 0 N–H and O–H groups in total. The number of rotatable bonds is 3. The molecule has 0 amide bonds. The Hall–Kier alpha value is -1.16. The second kappa shape index (κ2) is 5.80. The highest BCUT2D eigenvalue weighted by Gasteiger charge is 2.06. The summed E-state index contributed by atoms with van der Waals surface area (Å²) < 4.78 is 19.0. The topological polar surface area (TPSA) is 26.3 Å². The lowest BCUT2D eigenvalue weighted by molar-refractivity contribution is -0.137. The predicted molar refractivity (Wildman–Crippen MR) is 64.4 cm³/mol. The molecule has 0 heterocycles. The quantitative estimate of drug-likeness (QED) is 0.627. The van der Waals surface area contributed by atoms with E-state index in [9.17, 15) is 9.18 Å². The summed E-state index contributed by atoms with van der Waals surface area (Å²) in [4.78, 5) is 11.2. The maximum atomic E-state index is 13.4. The summed E-state index contributed by atoms with van der Waals surface area (Å²) in [7, 11) is 0. The summed E-state index contributed by atoms with van der Waals surface area (Å²) >= 11 is 3.25. The Morgan fingerprint density at radius 3 is 2.88 bits per heavy atom. The molecule has 0 saturated carbocycles. The first kappa shape index (κ1) is 12.9. The number of carbonyl (C=O) groups excluding carboxylic acids is 1. The number of ether oxygens (including phenoxy) is 1. The van der Waals surface area contributed by atoms with E-state index in [1.165, 1.54) is 12.1 Å². The molecule has 0 aliphatic heterocycles. The van der Waals surface area contributed by atoms with Gasteiger partial charge in [-0.25, -0.2) is 9.18 Å². The third-order valence-corrected chi connectivity index (χ3v) is 2.47. The number of hydrogen-bond acceptors (Lipinski definition) is 2. The monoisotopic (exact) mass is 286 g/mol. The van der Waals surface area contributed by atoms with Gasteiger partial charge >= 0.3 is 5.97 Å². The van der Waals surface area contributed by atoms with Crippen LogP contribution in [-0.4, -0.2) is 12.6 Å². The van der Waals surface area contributed by atoms with Crippen molar-refractivity contribution in [1.29, 1.82) is 0 Å². The second-order valence-electron chi connectivity index (χ2n) is 3.20. The molecular weight excluding hydrogens is 275 g/mol. The smallest absolute Gasteiger partial charge is 0.331 e. The highest BCUT2D eigenvalue weighted by atomic mass is 79.9. The van der Waals surface area contributed by atoms with Crippen molar-refractivity contribution in [1.82, 2.24) is 0 Å². The van der Waals surface area contributed by atoms with Gasteiger partial charge in [-0.1, -0.05) is 15.9 Å². The van der Waals surface area contributed by atoms with Crippen LogP contribution in [0.2, 0.25) is 0 Å². The lowest BCUT2D eigenvalue weighted by atomic mass is 10.1. The maximum absolute atomic E-state index is 13.4. The molecule has 2 nitrogen and oxygen atoms in total. The molecule has 16 heavy (non-hydrogen) atoms. The van der Waals surface area contributed by atoms with Crippen LogP contribution in [0.3, 0.4) is 0 Å². The van der Waals surface area contributed by atoms with Gasteiger partial charge in [0.2, 0.25) is 0 Å². The van der Waals surface area contributed by atoms with Gasteiger partial charge in [0, 0.05) is 16.1 Å². The van der Waals surface area contributed by atoms with Gasteiger partial charge in [-0.3, -0.25) is 0 Å². The van der Waals surface area contributed by atoms with Gasteiger partial charge in [0.25, 0.3) is 0 Å². The van der Waals surface area contributed by atoms with Crippen molar-refractivity contribution in [3.63, 3.8) is 0 Å². The van der Waals surface area contributed by atoms with Crippen LogP contribution in [-0.2, 0) is 9.53 Å². The van der Waals surface area contributed by atoms with Crippen molar-refractivity contribution in [2.75, 3.05) is 6.61 Å². The fourth-order valence-corrected chi connectivity index (χ4v) is 1.60.